The quantitative estimate of drug-likeness (QED) is 0.792. The van der Waals surface area contributed by atoms with Gasteiger partial charge in [0, 0.05) is 23.6 Å². The molecule has 3 rings (SSSR count). The van der Waals surface area contributed by atoms with Gasteiger partial charge in [0.15, 0.2) is 0 Å². The number of amides is 1. The SMILES string of the molecule is CC1CC(=O)Nc2[nH]c(=S)c3ncccc3c21.CCN(C)C. The van der Waals surface area contributed by atoms with Gasteiger partial charge in [-0.25, -0.2) is 0 Å². The van der Waals surface area contributed by atoms with Crippen molar-refractivity contribution in [3.05, 3.63) is 28.5 Å². The summed E-state index contributed by atoms with van der Waals surface area (Å²) in [5, 5.41) is 3.86. The summed E-state index contributed by atoms with van der Waals surface area (Å²) in [6, 6.07) is 3.89. The Kier molecular flexibility index (Phi) is 5.26. The van der Waals surface area contributed by atoms with Gasteiger partial charge in [-0.05, 0) is 32.6 Å². The zero-order valence-electron chi connectivity index (χ0n) is 13.4. The maximum Gasteiger partial charge on any atom is 0.226 e. The van der Waals surface area contributed by atoms with Crippen LogP contribution < -0.4 is 5.32 Å². The van der Waals surface area contributed by atoms with Crippen LogP contribution in [0.3, 0.4) is 0 Å². The lowest BCUT2D eigenvalue weighted by atomic mass is 9.92. The van der Waals surface area contributed by atoms with Gasteiger partial charge in [-0.2, -0.15) is 0 Å². The third kappa shape index (κ3) is 3.51. The number of rotatable bonds is 1. The van der Waals surface area contributed by atoms with E-state index in [9.17, 15) is 4.79 Å². The summed E-state index contributed by atoms with van der Waals surface area (Å²) in [7, 11) is 4.11. The molecule has 0 aliphatic carbocycles. The molecule has 0 spiro atoms. The highest BCUT2D eigenvalue weighted by atomic mass is 32.1. The van der Waals surface area contributed by atoms with Gasteiger partial charge >= 0.3 is 0 Å². The number of aromatic amines is 1. The molecule has 0 saturated carbocycles. The lowest BCUT2D eigenvalue weighted by molar-refractivity contribution is -0.116. The van der Waals surface area contributed by atoms with Gasteiger partial charge in [-0.3, -0.25) is 9.78 Å². The molecule has 1 aliphatic rings. The molecule has 118 valence electrons. The molecule has 2 aromatic heterocycles. The molecule has 1 aliphatic heterocycles. The number of H-pyrrole nitrogens is 1. The number of hydrogen-bond acceptors (Lipinski definition) is 4. The van der Waals surface area contributed by atoms with Crippen LogP contribution in [0.5, 0.6) is 0 Å². The first-order chi connectivity index (χ1) is 10.4. The van der Waals surface area contributed by atoms with Crippen LogP contribution in [0.1, 0.15) is 31.7 Å². The van der Waals surface area contributed by atoms with Crippen molar-refractivity contribution in [2.24, 2.45) is 0 Å². The first-order valence-electron chi connectivity index (χ1n) is 7.39. The molecule has 0 fully saturated rings. The Morgan fingerprint density at radius 3 is 2.77 bits per heavy atom. The highest BCUT2D eigenvalue weighted by molar-refractivity contribution is 7.71. The van der Waals surface area contributed by atoms with Crippen molar-refractivity contribution in [1.82, 2.24) is 14.9 Å². The zero-order chi connectivity index (χ0) is 16.3. The molecule has 0 aromatic carbocycles. The smallest absolute Gasteiger partial charge is 0.226 e. The maximum absolute atomic E-state index is 11.5. The second kappa shape index (κ2) is 6.98. The average molecular weight is 318 g/mol. The minimum Gasteiger partial charge on any atom is -0.331 e. The van der Waals surface area contributed by atoms with Gasteiger partial charge in [0.2, 0.25) is 5.91 Å². The molecule has 0 radical (unpaired) electrons. The molecule has 1 atom stereocenters. The Morgan fingerprint density at radius 2 is 2.14 bits per heavy atom. The van der Waals surface area contributed by atoms with Crippen LogP contribution in [0.25, 0.3) is 10.9 Å². The Labute approximate surface area is 135 Å². The summed E-state index contributed by atoms with van der Waals surface area (Å²) in [6.07, 6.45) is 2.23. The van der Waals surface area contributed by atoms with E-state index in [4.69, 9.17) is 12.2 Å². The summed E-state index contributed by atoms with van der Waals surface area (Å²) in [4.78, 5) is 21.0. The summed E-state index contributed by atoms with van der Waals surface area (Å²) in [6.45, 7) is 5.31. The van der Waals surface area contributed by atoms with Crippen molar-refractivity contribution in [3.8, 4) is 0 Å². The fourth-order valence-corrected chi connectivity index (χ4v) is 2.62. The minimum atomic E-state index is 0.0268. The van der Waals surface area contributed by atoms with Crippen LogP contribution in [0.15, 0.2) is 18.3 Å². The molecular formula is C16H22N4OS. The molecule has 1 amide bonds. The Morgan fingerprint density at radius 1 is 1.45 bits per heavy atom. The van der Waals surface area contributed by atoms with E-state index in [2.05, 4.69) is 41.2 Å². The van der Waals surface area contributed by atoms with Crippen LogP contribution >= 0.6 is 12.2 Å². The molecule has 2 aromatic rings. The Hall–Kier alpha value is -1.79. The van der Waals surface area contributed by atoms with Crippen molar-refractivity contribution in [1.29, 1.82) is 0 Å². The first kappa shape index (κ1) is 16.6. The molecule has 0 saturated heterocycles. The van der Waals surface area contributed by atoms with Crippen LogP contribution in [0.4, 0.5) is 5.82 Å². The number of fused-ring (bicyclic) bond motifs is 3. The van der Waals surface area contributed by atoms with Gasteiger partial charge in [0.05, 0.1) is 0 Å². The summed E-state index contributed by atoms with van der Waals surface area (Å²) in [5.74, 6) is 0.926. The third-order valence-electron chi connectivity index (χ3n) is 3.70. The van der Waals surface area contributed by atoms with Crippen molar-refractivity contribution in [2.75, 3.05) is 26.0 Å². The molecular weight excluding hydrogens is 296 g/mol. The van der Waals surface area contributed by atoms with E-state index in [1.54, 1.807) is 6.20 Å². The predicted molar refractivity (Wildman–Crippen MR) is 92.8 cm³/mol. The van der Waals surface area contributed by atoms with Crippen LogP contribution in [-0.4, -0.2) is 41.4 Å². The monoisotopic (exact) mass is 318 g/mol. The van der Waals surface area contributed by atoms with Gasteiger partial charge in [0.25, 0.3) is 0 Å². The van der Waals surface area contributed by atoms with E-state index in [1.165, 1.54) is 0 Å². The molecule has 22 heavy (non-hydrogen) atoms. The highest BCUT2D eigenvalue weighted by Gasteiger charge is 2.24. The third-order valence-corrected chi connectivity index (χ3v) is 4.00. The summed E-state index contributed by atoms with van der Waals surface area (Å²) < 4.78 is 0.564. The summed E-state index contributed by atoms with van der Waals surface area (Å²) >= 11 is 5.25. The van der Waals surface area contributed by atoms with Crippen molar-refractivity contribution in [3.63, 3.8) is 0 Å². The number of nitrogens with one attached hydrogen (secondary N) is 2. The Balaban J connectivity index is 0.000000309. The first-order valence-corrected chi connectivity index (χ1v) is 7.80. The summed E-state index contributed by atoms with van der Waals surface area (Å²) in [5.41, 5.74) is 1.89. The van der Waals surface area contributed by atoms with Crippen molar-refractivity contribution >= 4 is 34.8 Å². The second-order valence-electron chi connectivity index (χ2n) is 5.69. The van der Waals surface area contributed by atoms with E-state index in [-0.39, 0.29) is 11.8 Å². The van der Waals surface area contributed by atoms with Crippen LogP contribution in [-0.2, 0) is 4.79 Å². The minimum absolute atomic E-state index is 0.0268. The number of carbonyl (C=O) groups excluding carboxylic acids is 1. The van der Waals surface area contributed by atoms with Gasteiger partial charge in [-0.1, -0.05) is 32.1 Å². The highest BCUT2D eigenvalue weighted by Crippen LogP contribution is 2.35. The average Bonchev–Trinajstić information content (AvgIpc) is 2.47. The molecule has 2 N–H and O–H groups in total. The van der Waals surface area contributed by atoms with Gasteiger partial charge in [-0.15, -0.1) is 0 Å². The largest absolute Gasteiger partial charge is 0.331 e. The zero-order valence-corrected chi connectivity index (χ0v) is 14.3. The maximum atomic E-state index is 11.5. The van der Waals surface area contributed by atoms with E-state index < -0.39 is 0 Å². The number of anilines is 1. The van der Waals surface area contributed by atoms with Crippen molar-refractivity contribution < 1.29 is 4.79 Å². The second-order valence-corrected chi connectivity index (χ2v) is 6.10. The normalized spacial score (nSPS) is 16.8. The lowest BCUT2D eigenvalue weighted by Crippen LogP contribution is -2.23. The van der Waals surface area contributed by atoms with Crippen molar-refractivity contribution in [2.45, 2.75) is 26.2 Å². The fraction of sp³-hybridized carbons (Fsp3) is 0.438. The number of pyridine rings is 2. The van der Waals surface area contributed by atoms with E-state index >= 15 is 0 Å². The number of aromatic nitrogens is 2. The molecule has 5 nitrogen and oxygen atoms in total. The topological polar surface area (TPSA) is 61.0 Å². The van der Waals surface area contributed by atoms with Crippen LogP contribution in [0, 0.1) is 4.64 Å². The van der Waals surface area contributed by atoms with Gasteiger partial charge in [0.1, 0.15) is 16.0 Å². The van der Waals surface area contributed by atoms with E-state index in [0.717, 1.165) is 28.8 Å². The fourth-order valence-electron chi connectivity index (χ4n) is 2.36. The molecule has 3 heterocycles. The van der Waals surface area contributed by atoms with E-state index in [1.807, 2.05) is 19.1 Å². The van der Waals surface area contributed by atoms with Gasteiger partial charge < -0.3 is 15.2 Å². The molecule has 6 heteroatoms. The molecule has 0 bridgehead atoms. The number of hydrogen-bond donors (Lipinski definition) is 2. The Bertz CT molecular complexity index is 738. The number of nitrogens with zero attached hydrogens (tertiary/aromatic N) is 2. The molecule has 1 unspecified atom stereocenters. The lowest BCUT2D eigenvalue weighted by Gasteiger charge is -2.23. The van der Waals surface area contributed by atoms with Crippen LogP contribution in [0.2, 0.25) is 0 Å². The number of carbonyl (C=O) groups is 1. The van der Waals surface area contributed by atoms with E-state index in [0.29, 0.717) is 11.1 Å². The standard InChI is InChI=1S/C12H11N3OS.C4H11N/c1-6-5-8(16)14-11-9(6)7-3-2-4-13-10(7)12(17)15-11;1-4-5(2)3/h2-4,6H,5H2,1H3,(H2,14,15,16,17);4H2,1-3H3. The predicted octanol–water partition coefficient (Wildman–Crippen LogP) is 3.31.